The van der Waals surface area contributed by atoms with Crippen LogP contribution in [0.4, 0.5) is 0 Å². The van der Waals surface area contributed by atoms with Crippen molar-refractivity contribution in [2.24, 2.45) is 0 Å². The van der Waals surface area contributed by atoms with E-state index in [0.29, 0.717) is 0 Å². The minimum Gasteiger partial charge on any atom is -0.481 e. The van der Waals surface area contributed by atoms with Gasteiger partial charge in [-0.2, -0.15) is 0 Å². The summed E-state index contributed by atoms with van der Waals surface area (Å²) in [4.78, 5) is 10.3. The van der Waals surface area contributed by atoms with Crippen LogP contribution in [0.15, 0.2) is 36.5 Å². The lowest BCUT2D eigenvalue weighted by atomic mass is 10.1. The van der Waals surface area contributed by atoms with Crippen LogP contribution in [0, 0.1) is 0 Å². The minimum atomic E-state index is -0.713. The van der Waals surface area contributed by atoms with Gasteiger partial charge in [-0.25, -0.2) is 0 Å². The lowest BCUT2D eigenvalue weighted by Crippen LogP contribution is -2.00. The Morgan fingerprint density at radius 1 is 1.00 bits per heavy atom. The predicted octanol–water partition coefficient (Wildman–Crippen LogP) is 4.63. The van der Waals surface area contributed by atoms with Crippen molar-refractivity contribution in [2.75, 3.05) is 0 Å². The summed E-state index contributed by atoms with van der Waals surface area (Å²) in [6.07, 6.45) is 19.7. The van der Waals surface area contributed by atoms with Crippen LogP contribution in [0.1, 0.15) is 64.7 Å². The topological polar surface area (TPSA) is 57.5 Å². The minimum absolute atomic E-state index is 0.268. The molecule has 120 valence electrons. The molecule has 1 atom stereocenters. The van der Waals surface area contributed by atoms with E-state index < -0.39 is 5.97 Å². The molecular formula is C18H30O3. The van der Waals surface area contributed by atoms with Gasteiger partial charge in [0.15, 0.2) is 0 Å². The Labute approximate surface area is 129 Å². The smallest absolute Gasteiger partial charge is 0.303 e. The maximum atomic E-state index is 10.3. The van der Waals surface area contributed by atoms with Gasteiger partial charge < -0.3 is 10.2 Å². The third-order valence-corrected chi connectivity index (χ3v) is 3.10. The molecule has 0 spiro atoms. The first-order valence-corrected chi connectivity index (χ1v) is 8.03. The van der Waals surface area contributed by atoms with E-state index in [2.05, 4.69) is 31.2 Å². The van der Waals surface area contributed by atoms with Gasteiger partial charge in [-0.05, 0) is 38.5 Å². The molecule has 0 aromatic carbocycles. The van der Waals surface area contributed by atoms with Gasteiger partial charge in [0.05, 0.1) is 6.10 Å². The Morgan fingerprint density at radius 2 is 1.67 bits per heavy atom. The Bertz CT molecular complexity index is 329. The van der Waals surface area contributed by atoms with Crippen LogP contribution >= 0.6 is 0 Å². The van der Waals surface area contributed by atoms with Gasteiger partial charge in [0.25, 0.3) is 0 Å². The normalized spacial score (nSPS) is 13.6. The van der Waals surface area contributed by atoms with E-state index >= 15 is 0 Å². The van der Waals surface area contributed by atoms with Crippen LogP contribution in [0.2, 0.25) is 0 Å². The molecule has 0 heterocycles. The molecule has 0 saturated heterocycles. The first kappa shape index (κ1) is 19.7. The number of allylic oxidation sites excluding steroid dienone is 5. The fraction of sp³-hybridized carbons (Fsp3) is 0.611. The van der Waals surface area contributed by atoms with Crippen LogP contribution in [0.25, 0.3) is 0 Å². The lowest BCUT2D eigenvalue weighted by molar-refractivity contribution is -0.137. The Balaban J connectivity index is 3.47. The van der Waals surface area contributed by atoms with Crippen molar-refractivity contribution in [1.82, 2.24) is 0 Å². The monoisotopic (exact) mass is 294 g/mol. The summed E-state index contributed by atoms with van der Waals surface area (Å²) in [7, 11) is 0. The third-order valence-electron chi connectivity index (χ3n) is 3.10. The van der Waals surface area contributed by atoms with Crippen molar-refractivity contribution in [2.45, 2.75) is 70.8 Å². The SMILES string of the molecule is CCCCC(O)/C=C\C/C=C\C/C=C\CCCCC(=O)O. The molecule has 0 rings (SSSR count). The highest BCUT2D eigenvalue weighted by molar-refractivity contribution is 5.66. The molecule has 0 aliphatic rings. The summed E-state index contributed by atoms with van der Waals surface area (Å²) in [5.74, 6) is -0.713. The largest absolute Gasteiger partial charge is 0.481 e. The van der Waals surface area contributed by atoms with E-state index in [4.69, 9.17) is 5.11 Å². The zero-order chi connectivity index (χ0) is 15.8. The number of aliphatic carboxylic acids is 1. The number of aliphatic hydroxyl groups excluding tert-OH is 1. The second-order valence-electron chi connectivity index (χ2n) is 5.19. The summed E-state index contributed by atoms with van der Waals surface area (Å²) < 4.78 is 0. The summed E-state index contributed by atoms with van der Waals surface area (Å²) in [6, 6.07) is 0. The molecule has 0 aliphatic carbocycles. The highest BCUT2D eigenvalue weighted by Crippen LogP contribution is 2.03. The second-order valence-corrected chi connectivity index (χ2v) is 5.19. The molecule has 3 heteroatoms. The van der Waals surface area contributed by atoms with Gasteiger partial charge >= 0.3 is 5.97 Å². The summed E-state index contributed by atoms with van der Waals surface area (Å²) >= 11 is 0. The van der Waals surface area contributed by atoms with Gasteiger partial charge in [-0.1, -0.05) is 56.2 Å². The van der Waals surface area contributed by atoms with Gasteiger partial charge in [-0.15, -0.1) is 0 Å². The number of rotatable bonds is 13. The summed E-state index contributed by atoms with van der Waals surface area (Å²) in [6.45, 7) is 2.12. The number of hydrogen-bond donors (Lipinski definition) is 2. The van der Waals surface area contributed by atoms with Crippen molar-refractivity contribution >= 4 is 5.97 Å². The van der Waals surface area contributed by atoms with Gasteiger partial charge in [0, 0.05) is 6.42 Å². The number of unbranched alkanes of at least 4 members (excludes halogenated alkanes) is 3. The first-order chi connectivity index (χ1) is 10.2. The van der Waals surface area contributed by atoms with Crippen LogP contribution in [0.5, 0.6) is 0 Å². The van der Waals surface area contributed by atoms with Crippen molar-refractivity contribution in [1.29, 1.82) is 0 Å². The molecule has 0 aromatic heterocycles. The van der Waals surface area contributed by atoms with Crippen LogP contribution in [-0.2, 0) is 4.79 Å². The molecule has 2 N–H and O–H groups in total. The van der Waals surface area contributed by atoms with Crippen molar-refractivity contribution < 1.29 is 15.0 Å². The highest BCUT2D eigenvalue weighted by Gasteiger charge is 1.95. The number of hydrogen-bond acceptors (Lipinski definition) is 2. The maximum absolute atomic E-state index is 10.3. The van der Waals surface area contributed by atoms with E-state index in [0.717, 1.165) is 51.4 Å². The van der Waals surface area contributed by atoms with Crippen LogP contribution in [-0.4, -0.2) is 22.3 Å². The van der Waals surface area contributed by atoms with E-state index in [-0.39, 0.29) is 12.5 Å². The number of carboxylic acid groups (broad SMARTS) is 1. The Hall–Kier alpha value is -1.35. The average molecular weight is 294 g/mol. The van der Waals surface area contributed by atoms with Gasteiger partial charge in [-0.3, -0.25) is 4.79 Å². The quantitative estimate of drug-likeness (QED) is 0.384. The van der Waals surface area contributed by atoms with Crippen molar-refractivity contribution in [3.63, 3.8) is 0 Å². The van der Waals surface area contributed by atoms with Crippen LogP contribution in [0.3, 0.4) is 0 Å². The second kappa shape index (κ2) is 15.0. The highest BCUT2D eigenvalue weighted by atomic mass is 16.4. The zero-order valence-corrected chi connectivity index (χ0v) is 13.2. The standard InChI is InChI=1S/C18H30O3/c1-2-3-14-17(19)15-12-10-8-6-4-5-7-9-11-13-16-18(20)21/h5-8,12,15,17,19H,2-4,9-11,13-14,16H2,1H3,(H,20,21)/b7-5-,8-6-,15-12-. The van der Waals surface area contributed by atoms with E-state index in [1.165, 1.54) is 0 Å². The maximum Gasteiger partial charge on any atom is 0.303 e. The molecule has 0 bridgehead atoms. The molecule has 21 heavy (non-hydrogen) atoms. The summed E-state index contributed by atoms with van der Waals surface area (Å²) in [5, 5.41) is 18.1. The van der Waals surface area contributed by atoms with E-state index in [1.807, 2.05) is 12.2 Å². The van der Waals surface area contributed by atoms with Crippen LogP contribution < -0.4 is 0 Å². The fourth-order valence-electron chi connectivity index (χ4n) is 1.85. The molecule has 0 saturated carbocycles. The molecule has 3 nitrogen and oxygen atoms in total. The third kappa shape index (κ3) is 16.6. The fourth-order valence-corrected chi connectivity index (χ4v) is 1.85. The first-order valence-electron chi connectivity index (χ1n) is 8.03. The lowest BCUT2D eigenvalue weighted by Gasteiger charge is -2.02. The van der Waals surface area contributed by atoms with Gasteiger partial charge in [0.2, 0.25) is 0 Å². The zero-order valence-electron chi connectivity index (χ0n) is 13.2. The van der Waals surface area contributed by atoms with Crippen molar-refractivity contribution in [3.8, 4) is 0 Å². The molecule has 0 radical (unpaired) electrons. The molecule has 1 unspecified atom stereocenters. The van der Waals surface area contributed by atoms with Gasteiger partial charge in [0.1, 0.15) is 0 Å². The molecule has 0 aromatic rings. The number of carbonyl (C=O) groups is 1. The molecule has 0 fully saturated rings. The Kier molecular flexibility index (Phi) is 14.1. The molecular weight excluding hydrogens is 264 g/mol. The predicted molar refractivity (Wildman–Crippen MR) is 88.3 cm³/mol. The average Bonchev–Trinajstić information content (AvgIpc) is 2.45. The number of aliphatic hydroxyl groups is 1. The van der Waals surface area contributed by atoms with Crippen molar-refractivity contribution in [3.05, 3.63) is 36.5 Å². The Morgan fingerprint density at radius 3 is 2.33 bits per heavy atom. The summed E-state index contributed by atoms with van der Waals surface area (Å²) in [5.41, 5.74) is 0. The van der Waals surface area contributed by atoms with E-state index in [1.54, 1.807) is 0 Å². The number of carboxylic acids is 1. The molecule has 0 amide bonds. The van der Waals surface area contributed by atoms with E-state index in [9.17, 15) is 9.90 Å². The molecule has 0 aliphatic heterocycles.